The minimum absolute atomic E-state index is 0.0289. The highest BCUT2D eigenvalue weighted by Gasteiger charge is 2.16. The van der Waals surface area contributed by atoms with Crippen LogP contribution in [0.2, 0.25) is 0 Å². The first kappa shape index (κ1) is 15.4. The Morgan fingerprint density at radius 2 is 1.96 bits per heavy atom. The number of nitrogens with zero attached hydrogens (tertiary/aromatic N) is 2. The van der Waals surface area contributed by atoms with Crippen molar-refractivity contribution in [2.24, 2.45) is 5.14 Å². The highest BCUT2D eigenvalue weighted by atomic mass is 32.2. The Morgan fingerprint density at radius 1 is 1.22 bits per heavy atom. The van der Waals surface area contributed by atoms with Gasteiger partial charge in [0.15, 0.2) is 5.78 Å². The van der Waals surface area contributed by atoms with E-state index >= 15 is 0 Å². The van der Waals surface area contributed by atoms with Crippen molar-refractivity contribution >= 4 is 26.8 Å². The molecule has 0 unspecified atom stereocenters. The minimum Gasteiger partial charge on any atom is -0.323 e. The highest BCUT2D eigenvalue weighted by Crippen LogP contribution is 2.18. The second kappa shape index (κ2) is 5.60. The summed E-state index contributed by atoms with van der Waals surface area (Å²) in [6.45, 7) is 1.71. The lowest BCUT2D eigenvalue weighted by Gasteiger charge is -2.08. The van der Waals surface area contributed by atoms with Crippen molar-refractivity contribution in [2.75, 3.05) is 0 Å². The maximum absolute atomic E-state index is 12.5. The molecule has 3 aromatic rings. The molecule has 118 valence electrons. The molecule has 0 radical (unpaired) electrons. The molecule has 0 saturated carbocycles. The molecule has 3 rings (SSSR count). The molecule has 2 N–H and O–H groups in total. The van der Waals surface area contributed by atoms with Gasteiger partial charge in [-0.15, -0.1) is 0 Å². The average Bonchev–Trinajstić information content (AvgIpc) is 2.90. The van der Waals surface area contributed by atoms with Gasteiger partial charge in [0.05, 0.1) is 28.8 Å². The van der Waals surface area contributed by atoms with E-state index in [2.05, 4.69) is 4.98 Å². The zero-order chi connectivity index (χ0) is 16.6. The van der Waals surface area contributed by atoms with E-state index < -0.39 is 10.0 Å². The van der Waals surface area contributed by atoms with Gasteiger partial charge in [0.2, 0.25) is 10.0 Å². The van der Waals surface area contributed by atoms with Gasteiger partial charge in [0, 0.05) is 5.56 Å². The van der Waals surface area contributed by atoms with Crippen LogP contribution in [-0.2, 0) is 16.6 Å². The number of rotatable bonds is 4. The summed E-state index contributed by atoms with van der Waals surface area (Å²) >= 11 is 0. The number of aryl methyl sites for hydroxylation is 1. The number of fused-ring (bicyclic) bond motifs is 1. The third-order valence-electron chi connectivity index (χ3n) is 3.66. The Morgan fingerprint density at radius 3 is 2.70 bits per heavy atom. The van der Waals surface area contributed by atoms with Crippen molar-refractivity contribution in [3.05, 3.63) is 59.9 Å². The fraction of sp³-hybridized carbons (Fsp3) is 0.125. The van der Waals surface area contributed by atoms with Crippen LogP contribution in [0.1, 0.15) is 15.9 Å². The summed E-state index contributed by atoms with van der Waals surface area (Å²) in [4.78, 5) is 16.7. The predicted octanol–water partition coefficient (Wildman–Crippen LogP) is 1.88. The topological polar surface area (TPSA) is 95.0 Å². The molecule has 0 aliphatic heterocycles. The highest BCUT2D eigenvalue weighted by molar-refractivity contribution is 7.89. The largest absolute Gasteiger partial charge is 0.323 e. The molecule has 0 amide bonds. The molecule has 0 bridgehead atoms. The summed E-state index contributed by atoms with van der Waals surface area (Å²) in [5.41, 5.74) is 2.46. The molecule has 2 aromatic carbocycles. The van der Waals surface area contributed by atoms with Crippen LogP contribution in [0, 0.1) is 6.92 Å². The lowest BCUT2D eigenvalue weighted by Crippen LogP contribution is -2.16. The lowest BCUT2D eigenvalue weighted by atomic mass is 10.1. The Hall–Kier alpha value is -2.51. The second-order valence-corrected chi connectivity index (χ2v) is 6.84. The zero-order valence-corrected chi connectivity index (χ0v) is 13.2. The SMILES string of the molecule is Cc1ccc(C(=O)Cn2cnc3ccccc32)cc1S(N)(=O)=O. The third-order valence-corrected chi connectivity index (χ3v) is 4.71. The monoisotopic (exact) mass is 329 g/mol. The molecule has 1 aromatic heterocycles. The van der Waals surface area contributed by atoms with Crippen LogP contribution in [0.25, 0.3) is 11.0 Å². The lowest BCUT2D eigenvalue weighted by molar-refractivity contribution is 0.0973. The average molecular weight is 329 g/mol. The Bertz CT molecular complexity index is 1010. The molecular weight excluding hydrogens is 314 g/mol. The van der Waals surface area contributed by atoms with E-state index in [9.17, 15) is 13.2 Å². The summed E-state index contributed by atoms with van der Waals surface area (Å²) < 4.78 is 24.9. The van der Waals surface area contributed by atoms with Crippen molar-refractivity contribution in [3.8, 4) is 0 Å². The number of ketones is 1. The van der Waals surface area contributed by atoms with Gasteiger partial charge in [-0.1, -0.05) is 24.3 Å². The third kappa shape index (κ3) is 3.01. The van der Waals surface area contributed by atoms with Crippen molar-refractivity contribution in [3.63, 3.8) is 0 Å². The molecule has 0 atom stereocenters. The van der Waals surface area contributed by atoms with Gasteiger partial charge >= 0.3 is 0 Å². The number of para-hydroxylation sites is 2. The first-order valence-corrected chi connectivity index (χ1v) is 8.47. The number of aromatic nitrogens is 2. The number of carbonyl (C=O) groups is 1. The van der Waals surface area contributed by atoms with Crippen LogP contribution < -0.4 is 5.14 Å². The quantitative estimate of drug-likeness (QED) is 0.739. The first-order chi connectivity index (χ1) is 10.9. The van der Waals surface area contributed by atoms with E-state index in [0.717, 1.165) is 11.0 Å². The van der Waals surface area contributed by atoms with Gasteiger partial charge in [-0.25, -0.2) is 18.5 Å². The predicted molar refractivity (Wildman–Crippen MR) is 86.6 cm³/mol. The number of carbonyl (C=O) groups excluding carboxylic acids is 1. The van der Waals surface area contributed by atoms with Gasteiger partial charge in [-0.05, 0) is 30.7 Å². The van der Waals surface area contributed by atoms with E-state index in [0.29, 0.717) is 11.1 Å². The summed E-state index contributed by atoms with van der Waals surface area (Å²) in [6.07, 6.45) is 1.59. The number of Topliss-reactive ketones (excluding diaryl/α,β-unsaturated/α-hetero) is 1. The molecular formula is C16H15N3O3S. The van der Waals surface area contributed by atoms with Crippen LogP contribution >= 0.6 is 0 Å². The summed E-state index contributed by atoms with van der Waals surface area (Å²) in [5.74, 6) is -0.210. The van der Waals surface area contributed by atoms with Gasteiger partial charge in [0.1, 0.15) is 0 Å². The van der Waals surface area contributed by atoms with Crippen molar-refractivity contribution in [1.82, 2.24) is 9.55 Å². The van der Waals surface area contributed by atoms with Crippen LogP contribution in [0.15, 0.2) is 53.7 Å². The minimum atomic E-state index is -3.86. The zero-order valence-electron chi connectivity index (χ0n) is 12.4. The van der Waals surface area contributed by atoms with Crippen LogP contribution in [0.3, 0.4) is 0 Å². The second-order valence-electron chi connectivity index (χ2n) is 5.31. The molecule has 0 spiro atoms. The van der Waals surface area contributed by atoms with Gasteiger partial charge < -0.3 is 4.57 Å². The number of imidazole rings is 1. The van der Waals surface area contributed by atoms with E-state index in [-0.39, 0.29) is 17.2 Å². The molecule has 0 fully saturated rings. The molecule has 0 saturated heterocycles. The molecule has 0 aliphatic rings. The molecule has 7 heteroatoms. The summed E-state index contributed by atoms with van der Waals surface area (Å²) in [6, 6.07) is 12.0. The fourth-order valence-corrected chi connectivity index (χ4v) is 3.27. The molecule has 1 heterocycles. The first-order valence-electron chi connectivity index (χ1n) is 6.93. The molecule has 0 aliphatic carbocycles. The van der Waals surface area contributed by atoms with E-state index in [4.69, 9.17) is 5.14 Å². The Balaban J connectivity index is 1.95. The van der Waals surface area contributed by atoms with Gasteiger partial charge in [0.25, 0.3) is 0 Å². The maximum Gasteiger partial charge on any atom is 0.238 e. The Kier molecular flexibility index (Phi) is 3.75. The van der Waals surface area contributed by atoms with E-state index in [1.54, 1.807) is 30.0 Å². The van der Waals surface area contributed by atoms with Crippen molar-refractivity contribution in [1.29, 1.82) is 0 Å². The number of benzene rings is 2. The molecule has 6 nitrogen and oxygen atoms in total. The summed E-state index contributed by atoms with van der Waals surface area (Å²) in [7, 11) is -3.86. The normalized spacial score (nSPS) is 11.7. The van der Waals surface area contributed by atoms with Crippen LogP contribution in [0.4, 0.5) is 0 Å². The number of primary sulfonamides is 1. The number of hydrogen-bond acceptors (Lipinski definition) is 4. The number of hydrogen-bond donors (Lipinski definition) is 1. The molecule has 23 heavy (non-hydrogen) atoms. The van der Waals surface area contributed by atoms with Gasteiger partial charge in [-0.2, -0.15) is 0 Å². The number of nitrogens with two attached hydrogens (primary N) is 1. The Labute approximate surface area is 133 Å². The van der Waals surface area contributed by atoms with E-state index in [1.807, 2.05) is 24.3 Å². The van der Waals surface area contributed by atoms with Crippen molar-refractivity contribution in [2.45, 2.75) is 18.4 Å². The fourth-order valence-electron chi connectivity index (χ4n) is 2.46. The van der Waals surface area contributed by atoms with Crippen LogP contribution in [0.5, 0.6) is 0 Å². The van der Waals surface area contributed by atoms with Crippen LogP contribution in [-0.4, -0.2) is 23.8 Å². The summed E-state index contributed by atoms with van der Waals surface area (Å²) in [5, 5.41) is 5.18. The maximum atomic E-state index is 12.5. The van der Waals surface area contributed by atoms with E-state index in [1.165, 1.54) is 6.07 Å². The standard InChI is InChI=1S/C16H15N3O3S/c1-11-6-7-12(8-16(11)23(17,21)22)15(20)9-19-10-18-13-4-2-3-5-14(13)19/h2-8,10H,9H2,1H3,(H2,17,21,22). The van der Waals surface area contributed by atoms with Crippen molar-refractivity contribution < 1.29 is 13.2 Å². The van der Waals surface area contributed by atoms with Gasteiger partial charge in [-0.3, -0.25) is 4.79 Å². The smallest absolute Gasteiger partial charge is 0.238 e. The number of sulfonamides is 1.